The first-order valence-corrected chi connectivity index (χ1v) is 8.70. The molecule has 2 rings (SSSR count). The standard InChI is InChI=1S/C15H20ClN3O2S/c1-9(2)6-17-14(20)11-4-3-10(5-12(11)16)19-15(21)13-7-22-8-18-13/h3-5,9,13,18H,6-8H2,1-2H3,(H,17,20)(H,19,21). The van der Waals surface area contributed by atoms with Crippen molar-refractivity contribution < 1.29 is 9.59 Å². The fourth-order valence-electron chi connectivity index (χ4n) is 1.96. The van der Waals surface area contributed by atoms with Crippen LogP contribution in [0.25, 0.3) is 0 Å². The van der Waals surface area contributed by atoms with E-state index < -0.39 is 0 Å². The molecule has 1 aliphatic heterocycles. The minimum atomic E-state index is -0.203. The van der Waals surface area contributed by atoms with Gasteiger partial charge in [-0.2, -0.15) is 0 Å². The van der Waals surface area contributed by atoms with Crippen LogP contribution in [0, 0.1) is 5.92 Å². The maximum absolute atomic E-state index is 12.0. The number of hydrogen-bond acceptors (Lipinski definition) is 4. The first-order chi connectivity index (χ1) is 10.5. The van der Waals surface area contributed by atoms with Crippen LogP contribution >= 0.6 is 23.4 Å². The summed E-state index contributed by atoms with van der Waals surface area (Å²) in [6.07, 6.45) is 0. The number of nitrogens with one attached hydrogen (secondary N) is 3. The van der Waals surface area contributed by atoms with E-state index in [9.17, 15) is 9.59 Å². The van der Waals surface area contributed by atoms with Crippen LogP contribution in [-0.4, -0.2) is 36.0 Å². The Morgan fingerprint density at radius 1 is 1.45 bits per heavy atom. The van der Waals surface area contributed by atoms with Crippen molar-refractivity contribution >= 4 is 40.9 Å². The average Bonchev–Trinajstić information content (AvgIpc) is 2.99. The number of rotatable bonds is 5. The van der Waals surface area contributed by atoms with Crippen LogP contribution in [-0.2, 0) is 4.79 Å². The maximum Gasteiger partial charge on any atom is 0.252 e. The lowest BCUT2D eigenvalue weighted by molar-refractivity contribution is -0.117. The van der Waals surface area contributed by atoms with Crippen molar-refractivity contribution in [3.8, 4) is 0 Å². The van der Waals surface area contributed by atoms with Gasteiger partial charge < -0.3 is 10.6 Å². The molecule has 1 unspecified atom stereocenters. The minimum absolute atomic E-state index is 0.0851. The Morgan fingerprint density at radius 3 is 2.82 bits per heavy atom. The summed E-state index contributed by atoms with van der Waals surface area (Å²) < 4.78 is 0. The van der Waals surface area contributed by atoms with E-state index in [1.807, 2.05) is 13.8 Å². The number of benzene rings is 1. The summed E-state index contributed by atoms with van der Waals surface area (Å²) in [6, 6.07) is 4.74. The van der Waals surface area contributed by atoms with Crippen LogP contribution in [0.15, 0.2) is 18.2 Å². The van der Waals surface area contributed by atoms with Crippen LogP contribution in [0.5, 0.6) is 0 Å². The summed E-state index contributed by atoms with van der Waals surface area (Å²) in [6.45, 7) is 4.64. The van der Waals surface area contributed by atoms with Gasteiger partial charge in [-0.25, -0.2) is 0 Å². The number of amides is 2. The normalized spacial score (nSPS) is 17.5. The third kappa shape index (κ3) is 4.63. The second kappa shape index (κ2) is 7.85. The van der Waals surface area contributed by atoms with Crippen molar-refractivity contribution in [3.63, 3.8) is 0 Å². The summed E-state index contributed by atoms with van der Waals surface area (Å²) in [4.78, 5) is 24.0. The van der Waals surface area contributed by atoms with Gasteiger partial charge in [0.2, 0.25) is 5.91 Å². The average molecular weight is 342 g/mol. The van der Waals surface area contributed by atoms with E-state index in [2.05, 4.69) is 16.0 Å². The van der Waals surface area contributed by atoms with Gasteiger partial charge in [-0.1, -0.05) is 25.4 Å². The molecule has 120 valence electrons. The van der Waals surface area contributed by atoms with E-state index in [0.717, 1.165) is 11.6 Å². The molecule has 1 atom stereocenters. The maximum atomic E-state index is 12.0. The topological polar surface area (TPSA) is 70.2 Å². The highest BCUT2D eigenvalue weighted by Crippen LogP contribution is 2.22. The molecule has 5 nitrogen and oxygen atoms in total. The van der Waals surface area contributed by atoms with E-state index in [0.29, 0.717) is 28.7 Å². The van der Waals surface area contributed by atoms with Crippen molar-refractivity contribution in [2.75, 3.05) is 23.5 Å². The molecular weight excluding hydrogens is 322 g/mol. The molecule has 1 aromatic rings. The molecule has 0 bridgehead atoms. The Labute approximate surface area is 139 Å². The van der Waals surface area contributed by atoms with Crippen LogP contribution in [0.4, 0.5) is 5.69 Å². The molecule has 0 saturated carbocycles. The monoisotopic (exact) mass is 341 g/mol. The molecule has 0 aromatic heterocycles. The summed E-state index contributed by atoms with van der Waals surface area (Å²) in [7, 11) is 0. The van der Waals surface area contributed by atoms with Gasteiger partial charge in [0, 0.05) is 23.9 Å². The molecule has 0 aliphatic carbocycles. The van der Waals surface area contributed by atoms with E-state index in [1.165, 1.54) is 0 Å². The number of anilines is 1. The number of halogens is 1. The Kier molecular flexibility index (Phi) is 6.11. The van der Waals surface area contributed by atoms with Crippen molar-refractivity contribution in [3.05, 3.63) is 28.8 Å². The quantitative estimate of drug-likeness (QED) is 0.768. The van der Waals surface area contributed by atoms with Crippen molar-refractivity contribution in [2.24, 2.45) is 5.92 Å². The first-order valence-electron chi connectivity index (χ1n) is 7.17. The van der Waals surface area contributed by atoms with Gasteiger partial charge >= 0.3 is 0 Å². The number of hydrogen-bond donors (Lipinski definition) is 3. The predicted molar refractivity (Wildman–Crippen MR) is 91.5 cm³/mol. The van der Waals surface area contributed by atoms with Gasteiger partial charge in [0.1, 0.15) is 0 Å². The lowest BCUT2D eigenvalue weighted by Gasteiger charge is -2.12. The zero-order valence-electron chi connectivity index (χ0n) is 12.6. The Hall–Kier alpha value is -1.24. The van der Waals surface area contributed by atoms with Crippen LogP contribution in [0.3, 0.4) is 0 Å². The fourth-order valence-corrected chi connectivity index (χ4v) is 3.17. The van der Waals surface area contributed by atoms with E-state index in [4.69, 9.17) is 11.6 Å². The van der Waals surface area contributed by atoms with Gasteiger partial charge in [0.15, 0.2) is 0 Å². The molecule has 0 spiro atoms. The summed E-state index contributed by atoms with van der Waals surface area (Å²) in [5, 5.41) is 9.06. The van der Waals surface area contributed by atoms with E-state index in [1.54, 1.807) is 30.0 Å². The zero-order valence-corrected chi connectivity index (χ0v) is 14.2. The first kappa shape index (κ1) is 17.1. The van der Waals surface area contributed by atoms with Gasteiger partial charge in [0.25, 0.3) is 5.91 Å². The molecule has 2 amide bonds. The van der Waals surface area contributed by atoms with Crippen molar-refractivity contribution in [2.45, 2.75) is 19.9 Å². The zero-order chi connectivity index (χ0) is 16.1. The smallest absolute Gasteiger partial charge is 0.252 e. The highest BCUT2D eigenvalue weighted by molar-refractivity contribution is 7.99. The van der Waals surface area contributed by atoms with Gasteiger partial charge in [-0.15, -0.1) is 11.8 Å². The lowest BCUT2D eigenvalue weighted by atomic mass is 10.1. The fraction of sp³-hybridized carbons (Fsp3) is 0.467. The van der Waals surface area contributed by atoms with Crippen LogP contribution in [0.1, 0.15) is 24.2 Å². The number of thioether (sulfide) groups is 1. The largest absolute Gasteiger partial charge is 0.352 e. The third-order valence-electron chi connectivity index (χ3n) is 3.18. The highest BCUT2D eigenvalue weighted by atomic mass is 35.5. The Morgan fingerprint density at radius 2 is 2.23 bits per heavy atom. The number of carbonyl (C=O) groups is 2. The van der Waals surface area contributed by atoms with E-state index >= 15 is 0 Å². The highest BCUT2D eigenvalue weighted by Gasteiger charge is 2.22. The number of carbonyl (C=O) groups excluding carboxylic acids is 2. The molecule has 22 heavy (non-hydrogen) atoms. The second-order valence-corrected chi connectivity index (χ2v) is 7.00. The molecule has 0 radical (unpaired) electrons. The lowest BCUT2D eigenvalue weighted by Crippen LogP contribution is -2.37. The van der Waals surface area contributed by atoms with E-state index in [-0.39, 0.29) is 17.9 Å². The van der Waals surface area contributed by atoms with Gasteiger partial charge in [0.05, 0.1) is 16.6 Å². The van der Waals surface area contributed by atoms with Gasteiger partial charge in [-0.3, -0.25) is 14.9 Å². The SMILES string of the molecule is CC(C)CNC(=O)c1ccc(NC(=O)C2CSCN2)cc1Cl. The molecule has 1 heterocycles. The molecule has 1 saturated heterocycles. The minimum Gasteiger partial charge on any atom is -0.352 e. The molecule has 1 aliphatic rings. The summed E-state index contributed by atoms with van der Waals surface area (Å²) in [5.74, 6) is 1.63. The third-order valence-corrected chi connectivity index (χ3v) is 4.44. The molecule has 1 fully saturated rings. The summed E-state index contributed by atoms with van der Waals surface area (Å²) >= 11 is 7.84. The van der Waals surface area contributed by atoms with Gasteiger partial charge in [-0.05, 0) is 24.1 Å². The summed E-state index contributed by atoms with van der Waals surface area (Å²) in [5.41, 5.74) is 1.00. The van der Waals surface area contributed by atoms with Crippen LogP contribution < -0.4 is 16.0 Å². The molecular formula is C15H20ClN3O2S. The molecule has 7 heteroatoms. The molecule has 1 aromatic carbocycles. The van der Waals surface area contributed by atoms with Crippen molar-refractivity contribution in [1.82, 2.24) is 10.6 Å². The Balaban J connectivity index is 1.99. The predicted octanol–water partition coefficient (Wildman–Crippen LogP) is 2.33. The van der Waals surface area contributed by atoms with Crippen molar-refractivity contribution in [1.29, 1.82) is 0 Å². The second-order valence-electron chi connectivity index (χ2n) is 5.56. The van der Waals surface area contributed by atoms with Crippen LogP contribution in [0.2, 0.25) is 5.02 Å². The Bertz CT molecular complexity index is 560. The molecule has 3 N–H and O–H groups in total.